The lowest BCUT2D eigenvalue weighted by molar-refractivity contribution is 0.627. The molecule has 0 amide bonds. The van der Waals surface area contributed by atoms with Gasteiger partial charge in [0.1, 0.15) is 0 Å². The van der Waals surface area contributed by atoms with Crippen LogP contribution in [-0.2, 0) is 21.7 Å². The molecule has 0 radical (unpaired) electrons. The van der Waals surface area contributed by atoms with Crippen LogP contribution in [0.4, 0.5) is 28.7 Å². The Morgan fingerprint density at radius 3 is 0.916 bits per heavy atom. The summed E-state index contributed by atoms with van der Waals surface area (Å²) >= 11 is 5.99. The molecule has 20 aromatic rings. The van der Waals surface area contributed by atoms with Gasteiger partial charge in [0.05, 0.1) is 11.4 Å². The smallest absolute Gasteiger partial charge is 0.238 e. The molecule has 0 saturated heterocycles. The van der Waals surface area contributed by atoms with Gasteiger partial charge in [0.15, 0.2) is 23.3 Å². The fourth-order valence-corrected chi connectivity index (χ4v) is 20.0. The number of nitrogens with zero attached hydrogens (tertiary/aromatic N) is 7. The fraction of sp³-hybridized carbons (Fsp3) is 0.109. The molecule has 0 saturated carbocycles. The highest BCUT2D eigenvalue weighted by Crippen LogP contribution is 2.61. The van der Waals surface area contributed by atoms with E-state index in [0.29, 0.717) is 29.2 Å². The quantitative estimate of drug-likeness (QED) is 0.170. The third-order valence-corrected chi connectivity index (χ3v) is 26.3. The van der Waals surface area contributed by atoms with Crippen LogP contribution in [0.1, 0.15) is 99.9 Å². The van der Waals surface area contributed by atoms with Crippen molar-refractivity contribution in [3.63, 3.8) is 0 Å². The zero-order valence-corrected chi connectivity index (χ0v) is 68.1. The van der Waals surface area contributed by atoms with Gasteiger partial charge in [-0.05, 0) is 237 Å². The lowest BCUT2D eigenvalue weighted by atomic mass is 9.71. The molecule has 0 atom stereocenters. The van der Waals surface area contributed by atoms with E-state index in [2.05, 4.69) is 323 Å². The fourth-order valence-electron chi connectivity index (χ4n) is 19.9. The summed E-state index contributed by atoms with van der Waals surface area (Å²) in [5.74, 6) is 3.05. The van der Waals surface area contributed by atoms with Gasteiger partial charge in [-0.1, -0.05) is 322 Å². The van der Waals surface area contributed by atoms with E-state index in [-0.39, 0.29) is 26.9 Å². The van der Waals surface area contributed by atoms with Crippen molar-refractivity contribution in [2.75, 3.05) is 10.2 Å². The lowest BCUT2D eigenvalue weighted by Gasteiger charge is -2.42. The minimum Gasteiger partial charge on any atom is -0.355 e. The van der Waals surface area contributed by atoms with Crippen LogP contribution in [0.5, 0.6) is 0 Å². The second-order valence-corrected chi connectivity index (χ2v) is 34.7. The molecule has 2 aliphatic carbocycles. The Bertz CT molecular complexity index is 7530. The maximum Gasteiger partial charge on any atom is 0.238 e. The van der Waals surface area contributed by atoms with Crippen LogP contribution < -0.4 is 10.2 Å². The Morgan fingerprint density at radius 1 is 0.227 bits per heavy atom. The summed E-state index contributed by atoms with van der Waals surface area (Å²) in [6.45, 7) is 19.1. The number of hydrogen-bond donors (Lipinski definition) is 1. The molecular formula is C110H81ClN8. The highest BCUT2D eigenvalue weighted by atomic mass is 35.5. The molecular weight excluding hydrogens is 1470 g/mol. The summed E-state index contributed by atoms with van der Waals surface area (Å²) in [4.78, 5) is 30.9. The van der Waals surface area contributed by atoms with Crippen molar-refractivity contribution in [1.82, 2.24) is 29.9 Å². The molecule has 18 aromatic carbocycles. The van der Waals surface area contributed by atoms with Crippen molar-refractivity contribution in [2.24, 2.45) is 0 Å². The van der Waals surface area contributed by atoms with E-state index in [4.69, 9.17) is 26.6 Å². The van der Waals surface area contributed by atoms with Gasteiger partial charge in [-0.3, -0.25) is 4.90 Å². The summed E-state index contributed by atoms with van der Waals surface area (Å²) in [6.07, 6.45) is 0. The third-order valence-electron chi connectivity index (χ3n) is 26.1. The zero-order chi connectivity index (χ0) is 80.4. The summed E-state index contributed by atoms with van der Waals surface area (Å²) in [5.41, 5.74) is 23.6. The number of nitrogens with one attached hydrogen (secondary N) is 1. The van der Waals surface area contributed by atoms with Crippen molar-refractivity contribution < 1.29 is 0 Å². The summed E-state index contributed by atoms with van der Waals surface area (Å²) < 4.78 is 0. The summed E-state index contributed by atoms with van der Waals surface area (Å²) in [6, 6.07) is 122. The largest absolute Gasteiger partial charge is 0.355 e. The zero-order valence-electron chi connectivity index (χ0n) is 67.3. The van der Waals surface area contributed by atoms with E-state index in [1.54, 1.807) is 0 Å². The molecule has 0 fully saturated rings. The monoisotopic (exact) mass is 1550 g/mol. The molecule has 2 aliphatic heterocycles. The van der Waals surface area contributed by atoms with Gasteiger partial charge >= 0.3 is 0 Å². The molecule has 24 rings (SSSR count). The molecule has 4 aliphatic rings. The van der Waals surface area contributed by atoms with Crippen molar-refractivity contribution in [3.05, 3.63) is 390 Å². The Morgan fingerprint density at radius 2 is 0.496 bits per heavy atom. The highest BCUT2D eigenvalue weighted by Gasteiger charge is 2.45. The first kappa shape index (κ1) is 71.5. The van der Waals surface area contributed by atoms with Gasteiger partial charge < -0.3 is 5.32 Å². The number of halogens is 1. The average molecular weight is 1550 g/mol. The molecule has 4 heterocycles. The Hall–Kier alpha value is -14.1. The topological polar surface area (TPSA) is 92.6 Å². The first-order valence-electron chi connectivity index (χ1n) is 41.1. The number of aromatic nitrogens is 6. The van der Waals surface area contributed by atoms with Crippen LogP contribution in [0.25, 0.3) is 154 Å². The van der Waals surface area contributed by atoms with Gasteiger partial charge in [0.25, 0.3) is 0 Å². The highest BCUT2D eigenvalue weighted by molar-refractivity contribution is 6.29. The summed E-state index contributed by atoms with van der Waals surface area (Å²) in [7, 11) is 0. The van der Waals surface area contributed by atoms with Crippen molar-refractivity contribution in [3.8, 4) is 67.8 Å². The van der Waals surface area contributed by atoms with Crippen LogP contribution >= 0.6 is 11.6 Å². The van der Waals surface area contributed by atoms with Crippen molar-refractivity contribution in [1.29, 1.82) is 0 Å². The summed E-state index contributed by atoms with van der Waals surface area (Å²) in [5, 5.41) is 24.8. The van der Waals surface area contributed by atoms with E-state index < -0.39 is 0 Å². The normalized spacial score (nSPS) is 14.4. The van der Waals surface area contributed by atoms with Gasteiger partial charge in [-0.25, -0.2) is 9.97 Å². The maximum atomic E-state index is 5.99. The standard InChI is InChI=1S/C55H40N4.C40H31N.C15H10ClN3/c1-54(2)45-30-42-40-26-16-14-24-38(40)37-23-13-15-25-39(37)41(42)29-43(45)44-31-48-50(32-46(44)54)59(49-28-36-22-12-11-21-35(36)27-47(49)55(48,3)4)53-57-51(33-17-7-5-8-18-33)56-52(58-53)34-19-9-6-10-20-34;1-39(2)33-20-30-28-16-10-8-14-26(28)25-13-7-9-15-27(25)29(30)19-31(33)32-21-36-38(22-34(32)39)41-37-18-24-12-6-5-11-23(24)17-35(37)40(36,3)4;16-15-18-13(11-7-3-1-4-8-11)17-14(19-15)12-9-5-2-6-10-12/h5-32H,1-4H3;5-22,41H,1-4H3;1-10H. The lowest BCUT2D eigenvalue weighted by Crippen LogP contribution is -2.32. The molecule has 119 heavy (non-hydrogen) atoms. The van der Waals surface area contributed by atoms with E-state index in [1.165, 1.54) is 164 Å². The number of anilines is 5. The Balaban J connectivity index is 0.000000122. The second kappa shape index (κ2) is 27.0. The SMILES string of the molecule is CC1(C)c2cc3c(cc2-c2cc4c5ccccc5c5ccccc5c4cc21)C(C)(C)c1cc2ccccc2cc1N3c1nc(-c2ccccc2)nc(-c2ccccc2)n1.CC1(C)c2cc3c(cc2Nc2cc4ccccc4cc21)C(C)(C)c1cc2c4ccccc4c4ccccc4c2cc1-3.Clc1nc(-c2ccccc2)nc(-c2ccccc2)n1. The van der Waals surface area contributed by atoms with Gasteiger partial charge in [0.2, 0.25) is 11.2 Å². The number of rotatable bonds is 5. The molecule has 2 aromatic heterocycles. The Labute approximate surface area is 696 Å². The van der Waals surface area contributed by atoms with Gasteiger partial charge in [-0.2, -0.15) is 19.9 Å². The predicted molar refractivity (Wildman–Crippen MR) is 497 cm³/mol. The molecule has 0 unspecified atom stereocenters. The number of benzene rings is 18. The first-order chi connectivity index (χ1) is 57.9. The van der Waals surface area contributed by atoms with E-state index in [1.807, 2.05) is 97.1 Å². The minimum absolute atomic E-state index is 0.101. The van der Waals surface area contributed by atoms with Crippen LogP contribution in [0.2, 0.25) is 5.28 Å². The minimum atomic E-state index is -0.343. The molecule has 9 heteroatoms. The van der Waals surface area contributed by atoms with Crippen molar-refractivity contribution >= 4 is 126 Å². The van der Waals surface area contributed by atoms with Crippen LogP contribution in [0.15, 0.2) is 340 Å². The van der Waals surface area contributed by atoms with E-state index in [0.717, 1.165) is 33.6 Å². The van der Waals surface area contributed by atoms with Crippen molar-refractivity contribution in [2.45, 2.75) is 77.0 Å². The Kier molecular flexibility index (Phi) is 16.2. The molecule has 0 spiro atoms. The molecule has 1 N–H and O–H groups in total. The number of fused-ring (bicyclic) bond motifs is 24. The molecule has 8 nitrogen and oxygen atoms in total. The van der Waals surface area contributed by atoms with Gasteiger partial charge in [-0.15, -0.1) is 0 Å². The van der Waals surface area contributed by atoms with Crippen LogP contribution in [-0.4, -0.2) is 29.9 Å². The number of hydrogen-bond acceptors (Lipinski definition) is 8. The van der Waals surface area contributed by atoms with Gasteiger partial charge in [0, 0.05) is 55.3 Å². The molecule has 0 bridgehead atoms. The molecule has 568 valence electrons. The van der Waals surface area contributed by atoms with E-state index in [9.17, 15) is 0 Å². The first-order valence-corrected chi connectivity index (χ1v) is 41.5. The van der Waals surface area contributed by atoms with E-state index >= 15 is 0 Å². The van der Waals surface area contributed by atoms with Crippen LogP contribution in [0.3, 0.4) is 0 Å². The predicted octanol–water partition coefficient (Wildman–Crippen LogP) is 29.1. The second-order valence-electron chi connectivity index (χ2n) is 34.3. The maximum absolute atomic E-state index is 5.99. The third kappa shape index (κ3) is 11.4. The average Bonchev–Trinajstić information content (AvgIpc) is 1.54. The van der Waals surface area contributed by atoms with Crippen LogP contribution in [0, 0.1) is 0 Å².